The van der Waals surface area contributed by atoms with E-state index in [-0.39, 0.29) is 23.9 Å². The molecule has 3 N–H and O–H groups in total. The molecule has 5 nitrogen and oxygen atoms in total. The van der Waals surface area contributed by atoms with Gasteiger partial charge in [0.1, 0.15) is 6.23 Å². The number of hydrogen-bond acceptors (Lipinski definition) is 4. The molecule has 0 aromatic heterocycles. The number of carbonyl (C=O) groups is 1. The van der Waals surface area contributed by atoms with Crippen molar-refractivity contribution in [3.8, 4) is 0 Å². The maximum atomic E-state index is 12.5. The first-order valence-electron chi connectivity index (χ1n) is 9.62. The molecule has 1 aromatic carbocycles. The van der Waals surface area contributed by atoms with E-state index in [1.54, 1.807) is 0 Å². The molecule has 6 heteroatoms. The molecule has 26 heavy (non-hydrogen) atoms. The van der Waals surface area contributed by atoms with Crippen molar-refractivity contribution in [3.05, 3.63) is 33.8 Å². The Bertz CT molecular complexity index is 753. The van der Waals surface area contributed by atoms with Crippen molar-refractivity contribution in [2.45, 2.75) is 61.8 Å². The molecule has 3 aliphatic carbocycles. The molecule has 0 saturated heterocycles. The summed E-state index contributed by atoms with van der Waals surface area (Å²) in [4.78, 5) is 14.4. The summed E-state index contributed by atoms with van der Waals surface area (Å²) in [6, 6.07) is 6.12. The first kappa shape index (κ1) is 17.2. The van der Waals surface area contributed by atoms with Gasteiger partial charge in [0.25, 0.3) is 0 Å². The summed E-state index contributed by atoms with van der Waals surface area (Å²) in [5.41, 5.74) is 1.72. The molecular weight excluding hydrogens is 396 g/mol. The number of aliphatic hydroxyl groups is 2. The van der Waals surface area contributed by atoms with Crippen molar-refractivity contribution in [2.24, 2.45) is 5.92 Å². The van der Waals surface area contributed by atoms with Crippen LogP contribution in [0.5, 0.6) is 0 Å². The molecule has 1 aliphatic heterocycles. The van der Waals surface area contributed by atoms with Gasteiger partial charge in [-0.2, -0.15) is 0 Å². The first-order valence-corrected chi connectivity index (χ1v) is 10.4. The summed E-state index contributed by atoms with van der Waals surface area (Å²) in [6.45, 7) is 0.929. The summed E-state index contributed by atoms with van der Waals surface area (Å²) >= 11 is 3.53. The Morgan fingerprint density at radius 1 is 1.31 bits per heavy atom. The number of rotatable bonds is 4. The van der Waals surface area contributed by atoms with Crippen LogP contribution in [-0.4, -0.2) is 45.8 Å². The predicted molar refractivity (Wildman–Crippen MR) is 100 cm³/mol. The number of carbonyl (C=O) groups excluding carboxylic acids is 1. The fourth-order valence-corrected chi connectivity index (χ4v) is 5.36. The number of fused-ring (bicyclic) bond motifs is 2. The van der Waals surface area contributed by atoms with Gasteiger partial charge in [-0.05, 0) is 67.7 Å². The quantitative estimate of drug-likeness (QED) is 0.697. The standard InChI is InChI=1S/C20H25BrN2O3/c21-13-3-4-15-16(7-13)19(5-6-19)11-23(18(15)25)10-17(24)22-14-8-20(26,9-14)12-1-2-12/h3-4,7,12,14,18,25-26H,1-2,5-6,8-11H2,(H,22,24). The van der Waals surface area contributed by atoms with E-state index in [0.717, 1.165) is 42.3 Å². The highest BCUT2D eigenvalue weighted by molar-refractivity contribution is 9.10. The molecule has 140 valence electrons. The molecule has 5 rings (SSSR count). The highest BCUT2D eigenvalue weighted by Gasteiger charge is 2.54. The van der Waals surface area contributed by atoms with Crippen molar-refractivity contribution in [1.82, 2.24) is 10.2 Å². The average molecular weight is 421 g/mol. The van der Waals surface area contributed by atoms with E-state index in [0.29, 0.717) is 18.8 Å². The number of aliphatic hydroxyl groups excluding tert-OH is 1. The Labute approximate surface area is 161 Å². The Kier molecular flexibility index (Phi) is 3.81. The second kappa shape index (κ2) is 5.77. The molecule has 0 radical (unpaired) electrons. The lowest BCUT2D eigenvalue weighted by atomic mass is 9.72. The number of hydrogen-bond donors (Lipinski definition) is 3. The van der Waals surface area contributed by atoms with Crippen LogP contribution in [0.3, 0.4) is 0 Å². The van der Waals surface area contributed by atoms with Crippen LogP contribution in [0.2, 0.25) is 0 Å². The molecule has 0 bridgehead atoms. The molecular formula is C20H25BrN2O3. The van der Waals surface area contributed by atoms with Gasteiger partial charge in [-0.3, -0.25) is 9.69 Å². The molecule has 3 fully saturated rings. The molecule has 1 spiro atoms. The van der Waals surface area contributed by atoms with Gasteiger partial charge in [-0.25, -0.2) is 0 Å². The Hall–Kier alpha value is -0.950. The zero-order chi connectivity index (χ0) is 18.1. The van der Waals surface area contributed by atoms with Crippen molar-refractivity contribution in [3.63, 3.8) is 0 Å². The lowest BCUT2D eigenvalue weighted by Crippen LogP contribution is -2.58. The largest absolute Gasteiger partial charge is 0.389 e. The third-order valence-corrected chi connectivity index (χ3v) is 7.31. The van der Waals surface area contributed by atoms with E-state index in [2.05, 4.69) is 27.3 Å². The van der Waals surface area contributed by atoms with E-state index >= 15 is 0 Å². The normalized spacial score (nSPS) is 34.9. The van der Waals surface area contributed by atoms with Crippen molar-refractivity contribution >= 4 is 21.8 Å². The zero-order valence-electron chi connectivity index (χ0n) is 14.7. The van der Waals surface area contributed by atoms with Crippen LogP contribution >= 0.6 is 15.9 Å². The summed E-state index contributed by atoms with van der Waals surface area (Å²) in [6.07, 6.45) is 5.07. The van der Waals surface area contributed by atoms with E-state index in [1.165, 1.54) is 5.56 Å². The number of amides is 1. The molecule has 1 atom stereocenters. The molecule has 3 saturated carbocycles. The van der Waals surface area contributed by atoms with E-state index in [1.807, 2.05) is 17.0 Å². The van der Waals surface area contributed by atoms with Gasteiger partial charge in [-0.1, -0.05) is 22.0 Å². The highest BCUT2D eigenvalue weighted by atomic mass is 79.9. The zero-order valence-corrected chi connectivity index (χ0v) is 16.3. The van der Waals surface area contributed by atoms with Crippen LogP contribution in [0.1, 0.15) is 55.9 Å². The minimum Gasteiger partial charge on any atom is -0.389 e. The first-order chi connectivity index (χ1) is 12.4. The van der Waals surface area contributed by atoms with Crippen molar-refractivity contribution < 1.29 is 15.0 Å². The lowest BCUT2D eigenvalue weighted by molar-refractivity contribution is -0.131. The van der Waals surface area contributed by atoms with Gasteiger partial charge >= 0.3 is 0 Å². The van der Waals surface area contributed by atoms with E-state index in [4.69, 9.17) is 0 Å². The van der Waals surface area contributed by atoms with Crippen LogP contribution in [0.4, 0.5) is 0 Å². The average Bonchev–Trinajstić information content (AvgIpc) is 3.45. The monoisotopic (exact) mass is 420 g/mol. The third kappa shape index (κ3) is 2.82. The van der Waals surface area contributed by atoms with Crippen LogP contribution in [0.15, 0.2) is 22.7 Å². The van der Waals surface area contributed by atoms with E-state index < -0.39 is 11.8 Å². The molecule has 4 aliphatic rings. The summed E-state index contributed by atoms with van der Waals surface area (Å²) in [5.74, 6) is 0.397. The number of halogens is 1. The second-order valence-corrected chi connectivity index (χ2v) is 9.76. The Morgan fingerprint density at radius 2 is 2.04 bits per heavy atom. The second-order valence-electron chi connectivity index (χ2n) is 8.84. The summed E-state index contributed by atoms with van der Waals surface area (Å²) < 4.78 is 1.04. The SMILES string of the molecule is O=C(CN1CC2(CC2)c2cc(Br)ccc2C1O)NC1CC(O)(C2CC2)C1. The van der Waals surface area contributed by atoms with Gasteiger partial charge in [-0.15, -0.1) is 0 Å². The summed E-state index contributed by atoms with van der Waals surface area (Å²) in [5, 5.41) is 24.2. The number of nitrogens with zero attached hydrogens (tertiary/aromatic N) is 1. The Balaban J connectivity index is 1.24. The number of nitrogens with one attached hydrogen (secondary N) is 1. The highest BCUT2D eigenvalue weighted by Crippen LogP contribution is 2.55. The minimum absolute atomic E-state index is 0.0525. The fraction of sp³-hybridized carbons (Fsp3) is 0.650. The minimum atomic E-state index is -0.736. The third-order valence-electron chi connectivity index (χ3n) is 6.82. The van der Waals surface area contributed by atoms with Gasteiger partial charge in [0.2, 0.25) is 5.91 Å². The van der Waals surface area contributed by atoms with Gasteiger partial charge in [0, 0.05) is 22.5 Å². The smallest absolute Gasteiger partial charge is 0.234 e. The molecule has 1 aromatic rings. The Morgan fingerprint density at radius 3 is 2.69 bits per heavy atom. The van der Waals surface area contributed by atoms with E-state index in [9.17, 15) is 15.0 Å². The topological polar surface area (TPSA) is 72.8 Å². The van der Waals surface area contributed by atoms with Gasteiger partial charge in [0.05, 0.1) is 12.1 Å². The van der Waals surface area contributed by atoms with Gasteiger partial charge in [0.15, 0.2) is 0 Å². The molecule has 1 unspecified atom stereocenters. The molecule has 1 amide bonds. The molecule has 1 heterocycles. The predicted octanol–water partition coefficient (Wildman–Crippen LogP) is 2.21. The van der Waals surface area contributed by atoms with Crippen molar-refractivity contribution in [1.29, 1.82) is 0 Å². The van der Waals surface area contributed by atoms with Crippen LogP contribution in [0.25, 0.3) is 0 Å². The maximum absolute atomic E-state index is 12.5. The fourth-order valence-electron chi connectivity index (χ4n) is 5.00. The van der Waals surface area contributed by atoms with Crippen LogP contribution in [0, 0.1) is 5.92 Å². The summed E-state index contributed by atoms with van der Waals surface area (Å²) in [7, 11) is 0. The number of benzene rings is 1. The van der Waals surface area contributed by atoms with Crippen molar-refractivity contribution in [2.75, 3.05) is 13.1 Å². The van der Waals surface area contributed by atoms with Crippen LogP contribution < -0.4 is 5.32 Å². The lowest BCUT2D eigenvalue weighted by Gasteiger charge is -2.45. The van der Waals surface area contributed by atoms with Gasteiger partial charge < -0.3 is 15.5 Å². The van der Waals surface area contributed by atoms with Crippen LogP contribution in [-0.2, 0) is 10.2 Å². The maximum Gasteiger partial charge on any atom is 0.234 e.